The summed E-state index contributed by atoms with van der Waals surface area (Å²) in [5, 5.41) is 10.3. The van der Waals surface area contributed by atoms with Crippen LogP contribution in [0.1, 0.15) is 85.5 Å². The minimum absolute atomic E-state index is 0.0735. The van der Waals surface area contributed by atoms with Gasteiger partial charge >= 0.3 is 5.97 Å². The molecule has 0 aromatic rings. The maximum atomic E-state index is 13.7. The van der Waals surface area contributed by atoms with Crippen LogP contribution < -0.4 is 0 Å². The molecule has 0 radical (unpaired) electrons. The molecule has 4 nitrogen and oxygen atoms in total. The number of methoxy groups -OCH3 is 1. The van der Waals surface area contributed by atoms with E-state index in [9.17, 15) is 14.7 Å². The molecule has 4 aliphatic rings. The standard InChI is InChI=1S/C26H42O4/c1-15(6-9-22(28)30-5)18-7-8-19-23-20(11-13-25(18,19)3)26(4)12-10-17(27)14-21(26)16(2)24(23)29/h15-21,23,27H,6-14H2,1-5H3/t15-,16-,17-,18-,19+,20+,21+,23+,25-,26-/m1/s1. The van der Waals surface area contributed by atoms with Gasteiger partial charge in [-0.15, -0.1) is 0 Å². The molecule has 4 saturated carbocycles. The summed E-state index contributed by atoms with van der Waals surface area (Å²) in [6.45, 7) is 9.35. The van der Waals surface area contributed by atoms with Gasteiger partial charge in [0.1, 0.15) is 5.78 Å². The lowest BCUT2D eigenvalue weighted by molar-refractivity contribution is -0.171. The fourth-order valence-corrected chi connectivity index (χ4v) is 8.98. The van der Waals surface area contributed by atoms with Crippen molar-refractivity contribution in [3.05, 3.63) is 0 Å². The van der Waals surface area contributed by atoms with E-state index in [-0.39, 0.29) is 34.7 Å². The van der Waals surface area contributed by atoms with E-state index in [1.54, 1.807) is 0 Å². The smallest absolute Gasteiger partial charge is 0.305 e. The average Bonchev–Trinajstić information content (AvgIpc) is 3.08. The summed E-state index contributed by atoms with van der Waals surface area (Å²) >= 11 is 0. The molecule has 0 aliphatic heterocycles. The fourth-order valence-electron chi connectivity index (χ4n) is 8.98. The number of hydrogen-bond donors (Lipinski definition) is 1. The number of esters is 1. The molecule has 0 heterocycles. The highest BCUT2D eigenvalue weighted by Gasteiger charge is 2.64. The van der Waals surface area contributed by atoms with Crippen LogP contribution in [0.3, 0.4) is 0 Å². The molecule has 4 rings (SSSR count). The van der Waals surface area contributed by atoms with Crippen LogP contribution in [0.15, 0.2) is 0 Å². The molecule has 1 N–H and O–H groups in total. The fraction of sp³-hybridized carbons (Fsp3) is 0.923. The molecule has 170 valence electrons. The number of fused-ring (bicyclic) bond motifs is 5. The van der Waals surface area contributed by atoms with E-state index in [1.165, 1.54) is 20.0 Å². The van der Waals surface area contributed by atoms with Gasteiger partial charge in [0, 0.05) is 18.3 Å². The van der Waals surface area contributed by atoms with Gasteiger partial charge in [0.2, 0.25) is 0 Å². The largest absolute Gasteiger partial charge is 0.469 e. The number of Topliss-reactive ketones (excluding diaryl/α,β-unsaturated/α-hetero) is 1. The Bertz CT molecular complexity index is 689. The molecule has 0 aromatic heterocycles. The minimum atomic E-state index is -0.227. The van der Waals surface area contributed by atoms with Gasteiger partial charge in [-0.2, -0.15) is 0 Å². The zero-order valence-electron chi connectivity index (χ0n) is 19.7. The summed E-state index contributed by atoms with van der Waals surface area (Å²) in [6.07, 6.45) is 8.64. The molecule has 0 unspecified atom stereocenters. The Labute approximate surface area is 182 Å². The topological polar surface area (TPSA) is 63.6 Å². The first-order valence-corrected chi connectivity index (χ1v) is 12.4. The molecule has 0 aromatic carbocycles. The van der Waals surface area contributed by atoms with Crippen molar-refractivity contribution in [2.75, 3.05) is 7.11 Å². The maximum absolute atomic E-state index is 13.7. The molecular formula is C26H42O4. The van der Waals surface area contributed by atoms with Crippen LogP contribution in [0.4, 0.5) is 0 Å². The van der Waals surface area contributed by atoms with Crippen LogP contribution in [0.2, 0.25) is 0 Å². The molecular weight excluding hydrogens is 376 g/mol. The normalized spacial score (nSPS) is 49.0. The first-order valence-electron chi connectivity index (χ1n) is 12.4. The molecule has 0 bridgehead atoms. The number of carbonyl (C=O) groups excluding carboxylic acids is 2. The molecule has 0 spiro atoms. The van der Waals surface area contributed by atoms with Crippen LogP contribution in [-0.4, -0.2) is 30.1 Å². The van der Waals surface area contributed by atoms with Gasteiger partial charge in [-0.1, -0.05) is 27.7 Å². The Balaban J connectivity index is 1.57. The van der Waals surface area contributed by atoms with E-state index in [0.717, 1.165) is 38.5 Å². The number of carbonyl (C=O) groups is 2. The lowest BCUT2D eigenvalue weighted by Crippen LogP contribution is -2.60. The van der Waals surface area contributed by atoms with Crippen molar-refractivity contribution in [1.82, 2.24) is 0 Å². The summed E-state index contributed by atoms with van der Waals surface area (Å²) in [7, 11) is 1.47. The minimum Gasteiger partial charge on any atom is -0.469 e. The van der Waals surface area contributed by atoms with Crippen molar-refractivity contribution < 1.29 is 19.4 Å². The highest BCUT2D eigenvalue weighted by molar-refractivity contribution is 5.85. The number of hydrogen-bond acceptors (Lipinski definition) is 4. The van der Waals surface area contributed by atoms with Crippen LogP contribution >= 0.6 is 0 Å². The third-order valence-corrected chi connectivity index (χ3v) is 10.7. The monoisotopic (exact) mass is 418 g/mol. The molecule has 0 amide bonds. The highest BCUT2D eigenvalue weighted by Crippen LogP contribution is 2.68. The second kappa shape index (κ2) is 7.90. The number of rotatable bonds is 4. The highest BCUT2D eigenvalue weighted by atomic mass is 16.5. The SMILES string of the molecule is COC(=O)CC[C@@H](C)[C@H]1CC[C@H]2[C@@H]3C(=O)[C@H](C)[C@@H]4C[C@H](O)CC[C@]4(C)[C@H]3CC[C@]12C. The van der Waals surface area contributed by atoms with Crippen molar-refractivity contribution in [3.63, 3.8) is 0 Å². The molecule has 4 heteroatoms. The third-order valence-electron chi connectivity index (χ3n) is 10.7. The van der Waals surface area contributed by atoms with Gasteiger partial charge in [-0.3, -0.25) is 9.59 Å². The van der Waals surface area contributed by atoms with Crippen LogP contribution in [0, 0.1) is 52.3 Å². The molecule has 4 aliphatic carbocycles. The predicted molar refractivity (Wildman–Crippen MR) is 117 cm³/mol. The Morgan fingerprint density at radius 3 is 2.47 bits per heavy atom. The van der Waals surface area contributed by atoms with Crippen molar-refractivity contribution in [2.24, 2.45) is 52.3 Å². The van der Waals surface area contributed by atoms with Crippen molar-refractivity contribution in [1.29, 1.82) is 0 Å². The molecule has 10 atom stereocenters. The summed E-state index contributed by atoms with van der Waals surface area (Å²) in [5.74, 6) is 3.06. The van der Waals surface area contributed by atoms with Gasteiger partial charge < -0.3 is 9.84 Å². The third kappa shape index (κ3) is 3.27. The number of ketones is 1. The van der Waals surface area contributed by atoms with E-state index in [2.05, 4.69) is 27.7 Å². The second-order valence-electron chi connectivity index (χ2n) is 11.8. The Kier molecular flexibility index (Phi) is 5.87. The number of aliphatic hydroxyl groups is 1. The molecule has 4 fully saturated rings. The Morgan fingerprint density at radius 1 is 1.10 bits per heavy atom. The first-order chi connectivity index (χ1) is 14.1. The summed E-state index contributed by atoms with van der Waals surface area (Å²) in [6, 6.07) is 0. The van der Waals surface area contributed by atoms with Gasteiger partial charge in [0.25, 0.3) is 0 Å². The van der Waals surface area contributed by atoms with Crippen LogP contribution in [0.25, 0.3) is 0 Å². The maximum Gasteiger partial charge on any atom is 0.305 e. The molecule has 0 saturated heterocycles. The zero-order chi connectivity index (χ0) is 21.8. The quantitative estimate of drug-likeness (QED) is 0.651. The van der Waals surface area contributed by atoms with E-state index < -0.39 is 0 Å². The summed E-state index contributed by atoms with van der Waals surface area (Å²) < 4.78 is 4.86. The first kappa shape index (κ1) is 22.3. The predicted octanol–water partition coefficient (Wildman–Crippen LogP) is 5.02. The second-order valence-corrected chi connectivity index (χ2v) is 11.8. The van der Waals surface area contributed by atoms with E-state index >= 15 is 0 Å². The lowest BCUT2D eigenvalue weighted by atomic mass is 9.42. The zero-order valence-corrected chi connectivity index (χ0v) is 19.7. The van der Waals surface area contributed by atoms with Gasteiger partial charge in [0.05, 0.1) is 13.2 Å². The van der Waals surface area contributed by atoms with Gasteiger partial charge in [0.15, 0.2) is 0 Å². The van der Waals surface area contributed by atoms with Crippen molar-refractivity contribution in [2.45, 2.75) is 91.6 Å². The number of aliphatic hydroxyl groups excluding tert-OH is 1. The van der Waals surface area contributed by atoms with Gasteiger partial charge in [-0.05, 0) is 91.8 Å². The van der Waals surface area contributed by atoms with E-state index in [4.69, 9.17) is 4.74 Å². The Hall–Kier alpha value is -0.900. The van der Waals surface area contributed by atoms with Gasteiger partial charge in [-0.25, -0.2) is 0 Å². The average molecular weight is 419 g/mol. The summed E-state index contributed by atoms with van der Waals surface area (Å²) in [4.78, 5) is 25.4. The van der Waals surface area contributed by atoms with Crippen molar-refractivity contribution in [3.8, 4) is 0 Å². The number of ether oxygens (including phenoxy) is 1. The lowest BCUT2D eigenvalue weighted by Gasteiger charge is -2.62. The van der Waals surface area contributed by atoms with E-state index in [0.29, 0.717) is 41.8 Å². The summed E-state index contributed by atoms with van der Waals surface area (Å²) in [5.41, 5.74) is 0.413. The van der Waals surface area contributed by atoms with Crippen molar-refractivity contribution >= 4 is 11.8 Å². The molecule has 30 heavy (non-hydrogen) atoms. The van der Waals surface area contributed by atoms with Crippen LogP contribution in [0.5, 0.6) is 0 Å². The van der Waals surface area contributed by atoms with Crippen LogP contribution in [-0.2, 0) is 14.3 Å². The van der Waals surface area contributed by atoms with E-state index in [1.807, 2.05) is 0 Å². The Morgan fingerprint density at radius 2 is 1.77 bits per heavy atom.